The van der Waals surface area contributed by atoms with Gasteiger partial charge in [0.1, 0.15) is 5.82 Å². The Morgan fingerprint density at radius 2 is 2.19 bits per heavy atom. The number of carboxylic acids is 1. The lowest BCUT2D eigenvalue weighted by Gasteiger charge is -2.13. The van der Waals surface area contributed by atoms with Crippen molar-refractivity contribution in [2.75, 3.05) is 5.32 Å². The number of amides is 2. The van der Waals surface area contributed by atoms with Gasteiger partial charge in [0.2, 0.25) is 0 Å². The predicted molar refractivity (Wildman–Crippen MR) is 80.3 cm³/mol. The molecule has 1 atom stereocenters. The van der Waals surface area contributed by atoms with Crippen molar-refractivity contribution in [3.63, 3.8) is 0 Å². The first-order valence-corrected chi connectivity index (χ1v) is 6.86. The second-order valence-electron chi connectivity index (χ2n) is 4.29. The minimum Gasteiger partial charge on any atom is -0.478 e. The maximum absolute atomic E-state index is 11.9. The Labute approximate surface area is 128 Å². The number of hydrogen-bond acceptors (Lipinski definition) is 3. The number of aromatic nitrogens is 2. The quantitative estimate of drug-likeness (QED) is 0.678. The molecule has 4 N–H and O–H groups in total. The van der Waals surface area contributed by atoms with Crippen molar-refractivity contribution in [3.05, 3.63) is 46.5 Å². The van der Waals surface area contributed by atoms with Crippen LogP contribution in [0.1, 0.15) is 29.1 Å². The Balaban J connectivity index is 2.03. The number of carbonyl (C=O) groups excluding carboxylic acids is 1. The van der Waals surface area contributed by atoms with Crippen molar-refractivity contribution in [2.45, 2.75) is 13.0 Å². The summed E-state index contributed by atoms with van der Waals surface area (Å²) < 4.78 is 0.449. The average Bonchev–Trinajstić information content (AvgIpc) is 2.94. The summed E-state index contributed by atoms with van der Waals surface area (Å²) in [6.45, 7) is 1.78. The van der Waals surface area contributed by atoms with E-state index in [0.29, 0.717) is 16.0 Å². The van der Waals surface area contributed by atoms with Crippen LogP contribution in [0, 0.1) is 0 Å². The van der Waals surface area contributed by atoms with Gasteiger partial charge in [0, 0.05) is 22.6 Å². The van der Waals surface area contributed by atoms with Gasteiger partial charge in [-0.2, -0.15) is 0 Å². The molecule has 0 spiro atoms. The minimum atomic E-state index is -1.07. The van der Waals surface area contributed by atoms with Crippen molar-refractivity contribution in [1.29, 1.82) is 0 Å². The molecule has 2 rings (SSSR count). The molecule has 0 bridgehead atoms. The van der Waals surface area contributed by atoms with Gasteiger partial charge in [-0.1, -0.05) is 0 Å². The minimum absolute atomic E-state index is 0.0758. The third kappa shape index (κ3) is 3.82. The van der Waals surface area contributed by atoms with E-state index < -0.39 is 12.0 Å². The maximum atomic E-state index is 11.9. The van der Waals surface area contributed by atoms with Crippen molar-refractivity contribution >= 4 is 33.6 Å². The number of halogens is 1. The number of H-pyrrole nitrogens is 1. The van der Waals surface area contributed by atoms with Crippen molar-refractivity contribution in [3.8, 4) is 0 Å². The lowest BCUT2D eigenvalue weighted by Crippen LogP contribution is -2.31. The van der Waals surface area contributed by atoms with Gasteiger partial charge in [-0.25, -0.2) is 14.6 Å². The Hall–Kier alpha value is -2.35. The van der Waals surface area contributed by atoms with Crippen LogP contribution in [0.3, 0.4) is 0 Å². The van der Waals surface area contributed by atoms with E-state index in [1.807, 2.05) is 0 Å². The molecule has 0 radical (unpaired) electrons. The van der Waals surface area contributed by atoms with Gasteiger partial charge >= 0.3 is 12.0 Å². The number of carboxylic acid groups (broad SMARTS) is 1. The van der Waals surface area contributed by atoms with Crippen LogP contribution >= 0.6 is 15.9 Å². The van der Waals surface area contributed by atoms with Crippen LogP contribution in [0.5, 0.6) is 0 Å². The molecule has 0 aliphatic rings. The molecule has 0 fully saturated rings. The van der Waals surface area contributed by atoms with Gasteiger partial charge in [-0.3, -0.25) is 0 Å². The maximum Gasteiger partial charge on any atom is 0.336 e. The number of nitrogens with one attached hydrogen (secondary N) is 3. The van der Waals surface area contributed by atoms with E-state index in [1.54, 1.807) is 31.5 Å². The number of urea groups is 1. The fourth-order valence-electron chi connectivity index (χ4n) is 1.71. The zero-order valence-corrected chi connectivity index (χ0v) is 12.6. The highest BCUT2D eigenvalue weighted by Crippen LogP contribution is 2.21. The van der Waals surface area contributed by atoms with E-state index in [4.69, 9.17) is 5.11 Å². The number of carbonyl (C=O) groups is 2. The number of nitrogens with zero attached hydrogens (tertiary/aromatic N) is 1. The van der Waals surface area contributed by atoms with E-state index >= 15 is 0 Å². The second kappa shape index (κ2) is 6.40. The number of anilines is 1. The monoisotopic (exact) mass is 352 g/mol. The molecule has 0 aliphatic carbocycles. The van der Waals surface area contributed by atoms with Gasteiger partial charge in [-0.05, 0) is 41.1 Å². The first-order chi connectivity index (χ1) is 9.97. The first kappa shape index (κ1) is 15.0. The third-order valence-electron chi connectivity index (χ3n) is 2.73. The number of aromatic carboxylic acids is 1. The highest BCUT2D eigenvalue weighted by atomic mass is 79.9. The summed E-state index contributed by atoms with van der Waals surface area (Å²) in [4.78, 5) is 29.8. The van der Waals surface area contributed by atoms with Crippen LogP contribution in [-0.2, 0) is 0 Å². The number of aromatic amines is 1. The highest BCUT2D eigenvalue weighted by molar-refractivity contribution is 9.10. The van der Waals surface area contributed by atoms with E-state index in [9.17, 15) is 9.59 Å². The summed E-state index contributed by atoms with van der Waals surface area (Å²) in [5.41, 5.74) is 0.464. The van der Waals surface area contributed by atoms with Crippen LogP contribution < -0.4 is 10.6 Å². The van der Waals surface area contributed by atoms with E-state index in [0.717, 1.165) is 0 Å². The zero-order valence-electron chi connectivity index (χ0n) is 11.1. The third-order valence-corrected chi connectivity index (χ3v) is 3.42. The molecule has 8 heteroatoms. The molecule has 1 aromatic carbocycles. The van der Waals surface area contributed by atoms with Crippen LogP contribution in [0.4, 0.5) is 10.5 Å². The van der Waals surface area contributed by atoms with Crippen molar-refractivity contribution in [1.82, 2.24) is 15.3 Å². The van der Waals surface area contributed by atoms with Crippen molar-refractivity contribution in [2.24, 2.45) is 0 Å². The Bertz CT molecular complexity index is 657. The molecule has 21 heavy (non-hydrogen) atoms. The normalized spacial score (nSPS) is 11.7. The fourth-order valence-corrected chi connectivity index (χ4v) is 2.13. The van der Waals surface area contributed by atoms with E-state index in [-0.39, 0.29) is 11.6 Å². The van der Waals surface area contributed by atoms with E-state index in [2.05, 4.69) is 36.5 Å². The number of benzene rings is 1. The van der Waals surface area contributed by atoms with Crippen LogP contribution in [0.2, 0.25) is 0 Å². The average molecular weight is 353 g/mol. The lowest BCUT2D eigenvalue weighted by atomic mass is 10.2. The summed E-state index contributed by atoms with van der Waals surface area (Å²) >= 11 is 3.14. The molecule has 7 nitrogen and oxygen atoms in total. The number of rotatable bonds is 4. The summed E-state index contributed by atoms with van der Waals surface area (Å²) in [6.07, 6.45) is 3.26. The molecule has 1 unspecified atom stereocenters. The predicted octanol–water partition coefficient (Wildman–Crippen LogP) is 2.75. The van der Waals surface area contributed by atoms with Gasteiger partial charge < -0.3 is 20.7 Å². The van der Waals surface area contributed by atoms with Crippen molar-refractivity contribution < 1.29 is 14.7 Å². The Kier molecular flexibility index (Phi) is 4.59. The lowest BCUT2D eigenvalue weighted by molar-refractivity contribution is 0.0696. The fraction of sp³-hybridized carbons (Fsp3) is 0.154. The molecule has 0 aliphatic heterocycles. The van der Waals surface area contributed by atoms with Crippen LogP contribution in [0.15, 0.2) is 35.1 Å². The van der Waals surface area contributed by atoms with Crippen LogP contribution in [-0.4, -0.2) is 27.1 Å². The van der Waals surface area contributed by atoms with E-state index in [1.165, 1.54) is 6.07 Å². The molecule has 0 saturated carbocycles. The Morgan fingerprint density at radius 1 is 1.43 bits per heavy atom. The van der Waals surface area contributed by atoms with Gasteiger partial charge in [0.15, 0.2) is 0 Å². The molecular weight excluding hydrogens is 340 g/mol. The molecule has 1 aromatic heterocycles. The second-order valence-corrected chi connectivity index (χ2v) is 5.15. The zero-order chi connectivity index (χ0) is 15.4. The largest absolute Gasteiger partial charge is 0.478 e. The summed E-state index contributed by atoms with van der Waals surface area (Å²) in [5, 5.41) is 14.3. The van der Waals surface area contributed by atoms with Gasteiger partial charge in [0.05, 0.1) is 11.6 Å². The van der Waals surface area contributed by atoms with Crippen LogP contribution in [0.25, 0.3) is 0 Å². The van der Waals surface area contributed by atoms with Gasteiger partial charge in [-0.15, -0.1) is 0 Å². The SMILES string of the molecule is CC(NC(=O)Nc1ccc(Br)c(C(=O)O)c1)c1ncc[nH]1. The number of imidazole rings is 1. The molecule has 1 heterocycles. The first-order valence-electron chi connectivity index (χ1n) is 6.07. The molecular formula is C13H13BrN4O3. The topological polar surface area (TPSA) is 107 Å². The molecule has 2 aromatic rings. The summed E-state index contributed by atoms with van der Waals surface area (Å²) in [7, 11) is 0. The summed E-state index contributed by atoms with van der Waals surface area (Å²) in [5.74, 6) is -0.443. The Morgan fingerprint density at radius 3 is 2.81 bits per heavy atom. The van der Waals surface area contributed by atoms with Gasteiger partial charge in [0.25, 0.3) is 0 Å². The molecule has 2 amide bonds. The molecule has 110 valence electrons. The smallest absolute Gasteiger partial charge is 0.336 e. The standard InChI is InChI=1S/C13H13BrN4O3/c1-7(11-15-4-5-16-11)17-13(21)18-8-2-3-10(14)9(6-8)12(19)20/h2-7H,1H3,(H,15,16)(H,19,20)(H2,17,18,21). The molecule has 0 saturated heterocycles. The number of hydrogen-bond donors (Lipinski definition) is 4. The summed E-state index contributed by atoms with van der Waals surface area (Å²) in [6, 6.07) is 3.80. The highest BCUT2D eigenvalue weighted by Gasteiger charge is 2.13.